The number of carbonyl (C=O) groups excluding carboxylic acids is 1. The largest absolute Gasteiger partial charge is 0.442 e. The Hall–Kier alpha value is -2.38. The zero-order valence-corrected chi connectivity index (χ0v) is 19.9. The van der Waals surface area contributed by atoms with E-state index in [9.17, 15) is 13.2 Å². The molecular weight excluding hydrogens is 426 g/mol. The fourth-order valence-electron chi connectivity index (χ4n) is 4.75. The minimum absolute atomic E-state index is 0.0602. The third kappa shape index (κ3) is 4.04. The van der Waals surface area contributed by atoms with Crippen LogP contribution < -0.4 is 0 Å². The summed E-state index contributed by atoms with van der Waals surface area (Å²) in [6.45, 7) is 7.96. The number of rotatable bonds is 6. The lowest BCUT2D eigenvalue weighted by atomic mass is 9.75. The molecular formula is C25H31NO5S. The molecule has 4 rings (SSSR count). The molecule has 0 aromatic heterocycles. The Morgan fingerprint density at radius 1 is 1.12 bits per heavy atom. The van der Waals surface area contributed by atoms with Crippen LogP contribution in [0.25, 0.3) is 0 Å². The lowest BCUT2D eigenvalue weighted by molar-refractivity contribution is -0.0827. The van der Waals surface area contributed by atoms with E-state index in [1.165, 1.54) is 12.1 Å². The predicted octanol–water partition coefficient (Wildman–Crippen LogP) is 5.06. The first-order chi connectivity index (χ1) is 15.1. The summed E-state index contributed by atoms with van der Waals surface area (Å²) in [5.74, 6) is 0.282. The number of sulfonamides is 1. The smallest absolute Gasteiger partial charge is 0.424 e. The molecule has 2 saturated heterocycles. The Morgan fingerprint density at radius 3 is 2.38 bits per heavy atom. The summed E-state index contributed by atoms with van der Waals surface area (Å²) >= 11 is 0. The number of benzene rings is 2. The van der Waals surface area contributed by atoms with E-state index in [1.54, 1.807) is 24.3 Å². The minimum Gasteiger partial charge on any atom is -0.442 e. The fraction of sp³-hybridized carbons (Fsp3) is 0.480. The number of hydrogen-bond donors (Lipinski definition) is 0. The van der Waals surface area contributed by atoms with Crippen molar-refractivity contribution in [2.24, 2.45) is 5.92 Å². The number of amides is 1. The molecule has 2 bridgehead atoms. The van der Waals surface area contributed by atoms with Gasteiger partial charge >= 0.3 is 6.09 Å². The first-order valence-electron chi connectivity index (χ1n) is 11.1. The summed E-state index contributed by atoms with van der Waals surface area (Å²) in [7, 11) is -4.10. The molecule has 0 aliphatic carbocycles. The van der Waals surface area contributed by atoms with Gasteiger partial charge in [0.1, 0.15) is 11.7 Å². The van der Waals surface area contributed by atoms with E-state index in [0.29, 0.717) is 12.0 Å². The van der Waals surface area contributed by atoms with E-state index in [0.717, 1.165) is 22.7 Å². The summed E-state index contributed by atoms with van der Waals surface area (Å²) in [6, 6.07) is 15.5. The van der Waals surface area contributed by atoms with Gasteiger partial charge in [-0.15, -0.1) is 0 Å². The number of ether oxygens (including phenoxy) is 2. The molecule has 0 radical (unpaired) electrons. The van der Waals surface area contributed by atoms with Gasteiger partial charge in [-0.1, -0.05) is 61.9 Å². The van der Waals surface area contributed by atoms with Gasteiger partial charge in [0.15, 0.2) is 0 Å². The SMILES string of the molecule is Cc1ccc(S(=O)(=O)N(Cc2ccccc2)C(=O)O[C@H]2C[C@@]3(C(C)C)CC[C@@]2(C)O3)cc1. The number of fused-ring (bicyclic) bond motifs is 2. The highest BCUT2D eigenvalue weighted by atomic mass is 32.2. The van der Waals surface area contributed by atoms with Crippen LogP contribution in [0.3, 0.4) is 0 Å². The molecule has 2 fully saturated rings. The maximum Gasteiger partial charge on any atom is 0.424 e. The number of nitrogens with zero attached hydrogens (tertiary/aromatic N) is 1. The van der Waals surface area contributed by atoms with Gasteiger partial charge in [0.25, 0.3) is 10.0 Å². The molecule has 2 aromatic carbocycles. The van der Waals surface area contributed by atoms with E-state index in [4.69, 9.17) is 9.47 Å². The van der Waals surface area contributed by atoms with Crippen LogP contribution in [0.15, 0.2) is 59.5 Å². The van der Waals surface area contributed by atoms with Gasteiger partial charge in [-0.2, -0.15) is 4.31 Å². The van der Waals surface area contributed by atoms with E-state index < -0.39 is 27.8 Å². The topological polar surface area (TPSA) is 72.9 Å². The normalized spacial score (nSPS) is 27.0. The Morgan fingerprint density at radius 2 is 1.78 bits per heavy atom. The molecule has 0 spiro atoms. The van der Waals surface area contributed by atoms with Crippen LogP contribution >= 0.6 is 0 Å². The minimum atomic E-state index is -4.10. The third-order valence-electron chi connectivity index (χ3n) is 6.97. The lowest BCUT2D eigenvalue weighted by Crippen LogP contribution is -2.44. The molecule has 0 saturated carbocycles. The molecule has 2 aliphatic rings. The number of aryl methyl sites for hydroxylation is 1. The van der Waals surface area contributed by atoms with Crippen LogP contribution in [0.5, 0.6) is 0 Å². The van der Waals surface area contributed by atoms with Crippen LogP contribution in [-0.4, -0.2) is 36.1 Å². The quantitative estimate of drug-likeness (QED) is 0.606. The van der Waals surface area contributed by atoms with Gasteiger partial charge in [0, 0.05) is 6.42 Å². The van der Waals surface area contributed by atoms with Crippen molar-refractivity contribution in [2.75, 3.05) is 0 Å². The summed E-state index contributed by atoms with van der Waals surface area (Å²) in [5, 5.41) is 0. The highest BCUT2D eigenvalue weighted by Crippen LogP contribution is 2.55. The molecule has 2 heterocycles. The maximum atomic E-state index is 13.5. The average molecular weight is 458 g/mol. The average Bonchev–Trinajstić information content (AvgIpc) is 3.25. The summed E-state index contributed by atoms with van der Waals surface area (Å²) < 4.78 is 40.0. The molecule has 2 aliphatic heterocycles. The summed E-state index contributed by atoms with van der Waals surface area (Å²) in [5.41, 5.74) is 0.729. The van der Waals surface area contributed by atoms with E-state index in [-0.39, 0.29) is 23.0 Å². The first kappa shape index (κ1) is 22.8. The van der Waals surface area contributed by atoms with Crippen molar-refractivity contribution in [2.45, 2.75) is 75.7 Å². The van der Waals surface area contributed by atoms with E-state index in [2.05, 4.69) is 13.8 Å². The Labute approximate surface area is 190 Å². The van der Waals surface area contributed by atoms with Crippen molar-refractivity contribution >= 4 is 16.1 Å². The van der Waals surface area contributed by atoms with Crippen LogP contribution in [0.4, 0.5) is 4.79 Å². The molecule has 0 N–H and O–H groups in total. The Balaban J connectivity index is 1.63. The second kappa shape index (κ2) is 8.19. The predicted molar refractivity (Wildman–Crippen MR) is 122 cm³/mol. The third-order valence-corrected chi connectivity index (χ3v) is 8.70. The monoisotopic (exact) mass is 457 g/mol. The van der Waals surface area contributed by atoms with Crippen molar-refractivity contribution in [1.82, 2.24) is 4.31 Å². The Kier molecular flexibility index (Phi) is 5.84. The van der Waals surface area contributed by atoms with Crippen molar-refractivity contribution in [3.63, 3.8) is 0 Å². The van der Waals surface area contributed by atoms with Crippen LogP contribution in [0.1, 0.15) is 51.2 Å². The molecule has 172 valence electrons. The van der Waals surface area contributed by atoms with E-state index in [1.807, 2.05) is 32.0 Å². The maximum absolute atomic E-state index is 13.5. The molecule has 32 heavy (non-hydrogen) atoms. The molecule has 2 aromatic rings. The number of carbonyl (C=O) groups is 1. The molecule has 1 amide bonds. The van der Waals surface area contributed by atoms with Crippen molar-refractivity contribution < 1.29 is 22.7 Å². The van der Waals surface area contributed by atoms with Crippen molar-refractivity contribution in [3.05, 3.63) is 65.7 Å². The van der Waals surface area contributed by atoms with Crippen LogP contribution in [0, 0.1) is 12.8 Å². The van der Waals surface area contributed by atoms with Gasteiger partial charge in [-0.3, -0.25) is 0 Å². The highest BCUT2D eigenvalue weighted by molar-refractivity contribution is 7.89. The van der Waals surface area contributed by atoms with Crippen molar-refractivity contribution in [1.29, 1.82) is 0 Å². The fourth-order valence-corrected chi connectivity index (χ4v) is 6.04. The van der Waals surface area contributed by atoms with Crippen LogP contribution in [-0.2, 0) is 26.0 Å². The summed E-state index contributed by atoms with van der Waals surface area (Å²) in [4.78, 5) is 13.4. The zero-order chi connectivity index (χ0) is 23.1. The van der Waals surface area contributed by atoms with Gasteiger partial charge in [0.05, 0.1) is 17.0 Å². The van der Waals surface area contributed by atoms with Crippen LogP contribution in [0.2, 0.25) is 0 Å². The lowest BCUT2D eigenvalue weighted by Gasteiger charge is -2.32. The van der Waals surface area contributed by atoms with Gasteiger partial charge < -0.3 is 9.47 Å². The standard InChI is InChI=1S/C25H31NO5S/c1-18(2)25-15-14-24(4,31-25)22(16-25)30-23(27)26(17-20-8-6-5-7-9-20)32(28,29)21-12-10-19(3)11-13-21/h5-13,18,22H,14-17H2,1-4H3/t22-,24+,25+/m0/s1. The molecule has 0 unspecified atom stereocenters. The van der Waals surface area contributed by atoms with Gasteiger partial charge in [-0.05, 0) is 50.3 Å². The van der Waals surface area contributed by atoms with Gasteiger partial charge in [0.2, 0.25) is 0 Å². The Bertz CT molecular complexity index is 1080. The van der Waals surface area contributed by atoms with Crippen molar-refractivity contribution in [3.8, 4) is 0 Å². The molecule has 7 heteroatoms. The van der Waals surface area contributed by atoms with E-state index >= 15 is 0 Å². The summed E-state index contributed by atoms with van der Waals surface area (Å²) in [6.07, 6.45) is 0.932. The highest BCUT2D eigenvalue weighted by Gasteiger charge is 2.62. The first-order valence-corrected chi connectivity index (χ1v) is 12.5. The number of hydrogen-bond acceptors (Lipinski definition) is 5. The second-order valence-electron chi connectivity index (χ2n) is 9.52. The second-order valence-corrected chi connectivity index (χ2v) is 11.4. The molecule has 3 atom stereocenters. The molecule has 6 nitrogen and oxygen atoms in total. The van der Waals surface area contributed by atoms with Gasteiger partial charge in [-0.25, -0.2) is 13.2 Å². The zero-order valence-electron chi connectivity index (χ0n) is 19.1.